The normalized spacial score (nSPS) is 10.9. The zero-order valence-electron chi connectivity index (χ0n) is 16.9. The summed E-state index contributed by atoms with van der Waals surface area (Å²) in [6, 6.07) is 13.1. The maximum absolute atomic E-state index is 13.8. The number of halogens is 1. The van der Waals surface area contributed by atoms with Gasteiger partial charge in [-0.3, -0.25) is 9.59 Å². The number of amides is 1. The number of carbonyl (C=O) groups excluding carboxylic acids is 1. The van der Waals surface area contributed by atoms with Gasteiger partial charge in [0.15, 0.2) is 5.16 Å². The molecule has 2 heterocycles. The Morgan fingerprint density at radius 2 is 1.97 bits per heavy atom. The molecule has 0 fully saturated rings. The number of H-pyrrole nitrogens is 1. The van der Waals surface area contributed by atoms with Gasteiger partial charge in [-0.1, -0.05) is 42.1 Å². The number of fused-ring (bicyclic) bond motifs is 1. The Morgan fingerprint density at radius 1 is 1.19 bits per heavy atom. The SMILES string of the molecule is C=CCn1c(CC(=O)Nc2ccccc2F)nnc1SCc1nc2ccccc2c(=O)[nH]1. The van der Waals surface area contributed by atoms with E-state index in [1.54, 1.807) is 41.0 Å². The number of benzene rings is 2. The van der Waals surface area contributed by atoms with Gasteiger partial charge in [-0.25, -0.2) is 9.37 Å². The molecule has 32 heavy (non-hydrogen) atoms. The van der Waals surface area contributed by atoms with Gasteiger partial charge in [-0.2, -0.15) is 0 Å². The van der Waals surface area contributed by atoms with Crippen LogP contribution in [-0.4, -0.2) is 30.6 Å². The highest BCUT2D eigenvalue weighted by Crippen LogP contribution is 2.22. The minimum absolute atomic E-state index is 0.0825. The molecule has 0 aliphatic carbocycles. The lowest BCUT2D eigenvalue weighted by Crippen LogP contribution is -2.18. The number of nitrogens with one attached hydrogen (secondary N) is 2. The highest BCUT2D eigenvalue weighted by Gasteiger charge is 2.16. The highest BCUT2D eigenvalue weighted by molar-refractivity contribution is 7.98. The topological polar surface area (TPSA) is 106 Å². The maximum atomic E-state index is 13.8. The summed E-state index contributed by atoms with van der Waals surface area (Å²) in [5.41, 5.74) is 0.516. The van der Waals surface area contributed by atoms with Crippen LogP contribution in [0.15, 0.2) is 71.1 Å². The molecule has 2 N–H and O–H groups in total. The van der Waals surface area contributed by atoms with Crippen LogP contribution in [0.25, 0.3) is 10.9 Å². The summed E-state index contributed by atoms with van der Waals surface area (Å²) in [4.78, 5) is 31.9. The zero-order chi connectivity index (χ0) is 22.5. The Labute approximate surface area is 186 Å². The summed E-state index contributed by atoms with van der Waals surface area (Å²) in [6.45, 7) is 4.13. The fourth-order valence-electron chi connectivity index (χ4n) is 3.11. The van der Waals surface area contributed by atoms with Crippen molar-refractivity contribution in [1.82, 2.24) is 24.7 Å². The van der Waals surface area contributed by atoms with Crippen molar-refractivity contribution in [2.24, 2.45) is 0 Å². The molecule has 0 saturated heterocycles. The van der Waals surface area contributed by atoms with Crippen molar-refractivity contribution in [3.05, 3.63) is 89.0 Å². The van der Waals surface area contributed by atoms with Crippen LogP contribution in [-0.2, 0) is 23.5 Å². The number of nitrogens with zero attached hydrogens (tertiary/aromatic N) is 4. The molecule has 2 aromatic carbocycles. The van der Waals surface area contributed by atoms with E-state index < -0.39 is 11.7 Å². The fraction of sp³-hybridized carbons (Fsp3) is 0.136. The molecule has 0 saturated carbocycles. The average Bonchev–Trinajstić information content (AvgIpc) is 3.15. The van der Waals surface area contributed by atoms with E-state index in [-0.39, 0.29) is 17.7 Å². The lowest BCUT2D eigenvalue weighted by Gasteiger charge is -2.09. The van der Waals surface area contributed by atoms with Crippen molar-refractivity contribution in [2.45, 2.75) is 23.9 Å². The van der Waals surface area contributed by atoms with E-state index in [2.05, 4.69) is 32.1 Å². The largest absolute Gasteiger partial charge is 0.323 e. The number of aromatic nitrogens is 5. The number of thioether (sulfide) groups is 1. The molecule has 4 rings (SSSR count). The molecule has 4 aromatic rings. The molecule has 0 aliphatic rings. The van der Waals surface area contributed by atoms with E-state index in [0.29, 0.717) is 40.0 Å². The first kappa shape index (κ1) is 21.4. The van der Waals surface area contributed by atoms with Crippen LogP contribution < -0.4 is 10.9 Å². The number of hydrogen-bond donors (Lipinski definition) is 2. The van der Waals surface area contributed by atoms with Crippen molar-refractivity contribution >= 4 is 34.3 Å². The van der Waals surface area contributed by atoms with Crippen LogP contribution in [0.5, 0.6) is 0 Å². The molecule has 162 valence electrons. The minimum Gasteiger partial charge on any atom is -0.323 e. The molecule has 0 spiro atoms. The van der Waals surface area contributed by atoms with Crippen LogP contribution in [0.4, 0.5) is 10.1 Å². The van der Waals surface area contributed by atoms with Crippen LogP contribution in [0.2, 0.25) is 0 Å². The van der Waals surface area contributed by atoms with E-state index in [4.69, 9.17) is 0 Å². The maximum Gasteiger partial charge on any atom is 0.258 e. The second kappa shape index (κ2) is 9.56. The first-order valence-corrected chi connectivity index (χ1v) is 10.7. The molecular formula is C22H19FN6O2S. The molecule has 0 unspecified atom stereocenters. The Balaban J connectivity index is 1.49. The third-order valence-electron chi connectivity index (χ3n) is 4.57. The Kier molecular flexibility index (Phi) is 6.41. The van der Waals surface area contributed by atoms with Gasteiger partial charge in [-0.05, 0) is 24.3 Å². The third-order valence-corrected chi connectivity index (χ3v) is 5.55. The van der Waals surface area contributed by atoms with Crippen LogP contribution in [0, 0.1) is 5.82 Å². The van der Waals surface area contributed by atoms with Crippen molar-refractivity contribution in [3.8, 4) is 0 Å². The first-order valence-electron chi connectivity index (χ1n) is 9.73. The second-order valence-electron chi connectivity index (χ2n) is 6.82. The van der Waals surface area contributed by atoms with Crippen LogP contribution >= 0.6 is 11.8 Å². The average molecular weight is 450 g/mol. The van der Waals surface area contributed by atoms with Gasteiger partial charge in [0.25, 0.3) is 5.56 Å². The number of rotatable bonds is 8. The van der Waals surface area contributed by atoms with Crippen LogP contribution in [0.3, 0.4) is 0 Å². The van der Waals surface area contributed by atoms with Crippen molar-refractivity contribution in [3.63, 3.8) is 0 Å². The Hall–Kier alpha value is -3.79. The van der Waals surface area contributed by atoms with E-state index in [9.17, 15) is 14.0 Å². The monoisotopic (exact) mass is 450 g/mol. The number of para-hydroxylation sites is 2. The van der Waals surface area contributed by atoms with Crippen LogP contribution in [0.1, 0.15) is 11.6 Å². The smallest absolute Gasteiger partial charge is 0.258 e. The summed E-state index contributed by atoms with van der Waals surface area (Å²) >= 11 is 1.33. The predicted octanol–water partition coefficient (Wildman–Crippen LogP) is 3.31. The molecule has 0 atom stereocenters. The number of carbonyl (C=O) groups is 1. The lowest BCUT2D eigenvalue weighted by molar-refractivity contribution is -0.115. The van der Waals surface area contributed by atoms with Gasteiger partial charge in [0.05, 0.1) is 28.8 Å². The summed E-state index contributed by atoms with van der Waals surface area (Å²) in [7, 11) is 0. The van der Waals surface area contributed by atoms with Gasteiger partial charge in [0, 0.05) is 6.54 Å². The third kappa shape index (κ3) is 4.75. The number of anilines is 1. The van der Waals surface area contributed by atoms with Gasteiger partial charge in [0.2, 0.25) is 5.91 Å². The predicted molar refractivity (Wildman–Crippen MR) is 121 cm³/mol. The van der Waals surface area contributed by atoms with E-state index in [0.717, 1.165) is 0 Å². The summed E-state index contributed by atoms with van der Waals surface area (Å²) < 4.78 is 15.5. The van der Waals surface area contributed by atoms with E-state index in [1.165, 1.54) is 23.9 Å². The fourth-order valence-corrected chi connectivity index (χ4v) is 3.94. The number of hydrogen-bond acceptors (Lipinski definition) is 6. The van der Waals surface area contributed by atoms with E-state index in [1.807, 2.05) is 6.07 Å². The van der Waals surface area contributed by atoms with Gasteiger partial charge < -0.3 is 14.9 Å². The summed E-state index contributed by atoms with van der Waals surface area (Å²) in [6.07, 6.45) is 1.59. The molecule has 1 amide bonds. The standard InChI is InChI=1S/C22H19FN6O2S/c1-2-11-29-19(12-20(30)25-17-10-6-4-8-15(17)23)27-28-22(29)32-13-18-24-16-9-5-3-7-14(16)21(31)26-18/h2-10H,1,11-13H2,(H,25,30)(H,24,26,31). The molecule has 0 radical (unpaired) electrons. The van der Waals surface area contributed by atoms with Crippen molar-refractivity contribution in [2.75, 3.05) is 5.32 Å². The van der Waals surface area contributed by atoms with Crippen molar-refractivity contribution in [1.29, 1.82) is 0 Å². The molecular weight excluding hydrogens is 431 g/mol. The zero-order valence-corrected chi connectivity index (χ0v) is 17.7. The van der Waals surface area contributed by atoms with Crippen molar-refractivity contribution < 1.29 is 9.18 Å². The molecule has 2 aromatic heterocycles. The quantitative estimate of drug-likeness (QED) is 0.315. The Bertz CT molecular complexity index is 1350. The number of aromatic amines is 1. The lowest BCUT2D eigenvalue weighted by atomic mass is 10.2. The second-order valence-corrected chi connectivity index (χ2v) is 7.76. The Morgan fingerprint density at radius 3 is 2.78 bits per heavy atom. The first-order chi connectivity index (χ1) is 15.5. The molecule has 0 bridgehead atoms. The molecule has 8 nitrogen and oxygen atoms in total. The summed E-state index contributed by atoms with van der Waals surface area (Å²) in [5, 5.41) is 11.9. The molecule has 0 aliphatic heterocycles. The van der Waals surface area contributed by atoms with Gasteiger partial charge in [0.1, 0.15) is 17.5 Å². The molecule has 10 heteroatoms. The number of allylic oxidation sites excluding steroid dienone is 1. The van der Waals surface area contributed by atoms with E-state index >= 15 is 0 Å². The van der Waals surface area contributed by atoms with Gasteiger partial charge in [-0.15, -0.1) is 16.8 Å². The highest BCUT2D eigenvalue weighted by atomic mass is 32.2. The van der Waals surface area contributed by atoms with Gasteiger partial charge >= 0.3 is 0 Å². The minimum atomic E-state index is -0.512. The summed E-state index contributed by atoms with van der Waals surface area (Å²) in [5.74, 6) is 0.356.